The number of benzene rings is 1. The molecule has 2 aliphatic rings. The number of fused-ring (bicyclic) bond motifs is 1. The molecule has 1 fully saturated rings. The summed E-state index contributed by atoms with van der Waals surface area (Å²) in [5, 5.41) is 3.39. The highest BCUT2D eigenvalue weighted by molar-refractivity contribution is 6.34. The van der Waals surface area contributed by atoms with Crippen LogP contribution in [-0.4, -0.2) is 43.7 Å². The van der Waals surface area contributed by atoms with Gasteiger partial charge in [0.05, 0.1) is 17.3 Å². The molecule has 3 rings (SSSR count). The van der Waals surface area contributed by atoms with Gasteiger partial charge in [-0.05, 0) is 38.3 Å². The molecule has 0 aliphatic carbocycles. The second-order valence-electron chi connectivity index (χ2n) is 6.89. The van der Waals surface area contributed by atoms with Crippen molar-refractivity contribution in [1.82, 2.24) is 4.90 Å². The fourth-order valence-corrected chi connectivity index (χ4v) is 3.83. The third-order valence-corrected chi connectivity index (χ3v) is 5.22. The van der Waals surface area contributed by atoms with Crippen LogP contribution in [0.3, 0.4) is 0 Å². The van der Waals surface area contributed by atoms with Crippen molar-refractivity contribution in [1.29, 1.82) is 0 Å². The van der Waals surface area contributed by atoms with Gasteiger partial charge < -0.3 is 14.8 Å². The minimum absolute atomic E-state index is 0.0347. The summed E-state index contributed by atoms with van der Waals surface area (Å²) in [6, 6.07) is 3.45. The van der Waals surface area contributed by atoms with Gasteiger partial charge in [-0.3, -0.25) is 9.69 Å². The van der Waals surface area contributed by atoms with E-state index in [1.165, 1.54) is 32.1 Å². The second kappa shape index (κ2) is 8.77. The summed E-state index contributed by atoms with van der Waals surface area (Å²) in [7, 11) is 0. The zero-order chi connectivity index (χ0) is 17.6. The van der Waals surface area contributed by atoms with Crippen LogP contribution in [0, 0.1) is 5.92 Å². The molecule has 1 amide bonds. The number of nitrogens with zero attached hydrogens (tertiary/aromatic N) is 1. The Kier molecular flexibility index (Phi) is 6.43. The summed E-state index contributed by atoms with van der Waals surface area (Å²) in [4.78, 5) is 14.7. The molecule has 138 valence electrons. The third kappa shape index (κ3) is 5.02. The molecule has 0 bridgehead atoms. The molecule has 0 radical (unpaired) electrons. The van der Waals surface area contributed by atoms with E-state index in [0.29, 0.717) is 42.0 Å². The number of hydrogen-bond donors (Lipinski definition) is 1. The maximum Gasteiger partial charge on any atom is 0.238 e. The molecule has 1 atom stereocenters. The van der Waals surface area contributed by atoms with Crippen LogP contribution in [0.15, 0.2) is 12.1 Å². The van der Waals surface area contributed by atoms with Crippen molar-refractivity contribution >= 4 is 23.2 Å². The Balaban J connectivity index is 1.56. The van der Waals surface area contributed by atoms with Crippen LogP contribution < -0.4 is 14.8 Å². The van der Waals surface area contributed by atoms with E-state index in [-0.39, 0.29) is 5.91 Å². The zero-order valence-electron chi connectivity index (χ0n) is 14.9. The van der Waals surface area contributed by atoms with Gasteiger partial charge in [-0.25, -0.2) is 0 Å². The summed E-state index contributed by atoms with van der Waals surface area (Å²) in [6.45, 7) is 5.66. The Labute approximate surface area is 154 Å². The van der Waals surface area contributed by atoms with E-state index >= 15 is 0 Å². The first-order valence-corrected chi connectivity index (χ1v) is 9.65. The molecule has 0 saturated carbocycles. The lowest BCUT2D eigenvalue weighted by molar-refractivity contribution is -0.117. The quantitative estimate of drug-likeness (QED) is 0.857. The van der Waals surface area contributed by atoms with E-state index in [9.17, 15) is 4.79 Å². The molecule has 1 N–H and O–H groups in total. The van der Waals surface area contributed by atoms with Crippen molar-refractivity contribution in [3.63, 3.8) is 0 Å². The molecule has 1 aromatic rings. The first-order valence-electron chi connectivity index (χ1n) is 9.27. The first kappa shape index (κ1) is 18.3. The number of halogens is 1. The second-order valence-corrected chi connectivity index (χ2v) is 7.29. The van der Waals surface area contributed by atoms with E-state index in [2.05, 4.69) is 17.1 Å². The molecule has 5 nitrogen and oxygen atoms in total. The smallest absolute Gasteiger partial charge is 0.238 e. The summed E-state index contributed by atoms with van der Waals surface area (Å²) in [5.74, 6) is 2.03. The van der Waals surface area contributed by atoms with Crippen LogP contribution in [0.1, 0.15) is 39.0 Å². The van der Waals surface area contributed by atoms with Gasteiger partial charge in [0.1, 0.15) is 13.2 Å². The average Bonchev–Trinajstić information content (AvgIpc) is 2.81. The van der Waals surface area contributed by atoms with E-state index < -0.39 is 0 Å². The van der Waals surface area contributed by atoms with E-state index in [1.807, 2.05) is 0 Å². The number of likely N-dealkylation sites (tertiary alicyclic amines) is 1. The summed E-state index contributed by atoms with van der Waals surface area (Å²) >= 11 is 6.26. The van der Waals surface area contributed by atoms with Crippen LogP contribution in [0.4, 0.5) is 5.69 Å². The lowest BCUT2D eigenvalue weighted by Crippen LogP contribution is -2.34. The predicted molar refractivity (Wildman–Crippen MR) is 99.8 cm³/mol. The molecule has 2 aliphatic heterocycles. The van der Waals surface area contributed by atoms with Crippen molar-refractivity contribution in [2.24, 2.45) is 5.92 Å². The van der Waals surface area contributed by atoms with E-state index in [0.717, 1.165) is 19.0 Å². The maximum atomic E-state index is 12.4. The molecule has 6 heteroatoms. The number of anilines is 1. The monoisotopic (exact) mass is 366 g/mol. The number of carbonyl (C=O) groups excluding carboxylic acids is 1. The fraction of sp³-hybridized carbons (Fsp3) is 0.632. The van der Waals surface area contributed by atoms with Gasteiger partial charge >= 0.3 is 0 Å². The topological polar surface area (TPSA) is 50.8 Å². The average molecular weight is 367 g/mol. The number of nitrogens with one attached hydrogen (secondary N) is 1. The van der Waals surface area contributed by atoms with Crippen LogP contribution in [0.2, 0.25) is 5.02 Å². The van der Waals surface area contributed by atoms with Gasteiger partial charge in [-0.15, -0.1) is 0 Å². The Morgan fingerprint density at radius 3 is 2.76 bits per heavy atom. The number of carbonyl (C=O) groups is 1. The zero-order valence-corrected chi connectivity index (χ0v) is 15.6. The lowest BCUT2D eigenvalue weighted by Gasteiger charge is -2.21. The molecule has 1 aromatic carbocycles. The molecular weight excluding hydrogens is 340 g/mol. The normalized spacial score (nSPS) is 20.8. The van der Waals surface area contributed by atoms with Gasteiger partial charge in [-0.2, -0.15) is 0 Å². The molecule has 1 unspecified atom stereocenters. The predicted octanol–water partition coefficient (Wildman–Crippen LogP) is 3.95. The summed E-state index contributed by atoms with van der Waals surface area (Å²) < 4.78 is 11.1. The number of ether oxygens (including phenoxy) is 2. The summed E-state index contributed by atoms with van der Waals surface area (Å²) in [6.07, 6.45) is 6.18. The van der Waals surface area contributed by atoms with Gasteiger partial charge in [0.25, 0.3) is 0 Å². The van der Waals surface area contributed by atoms with E-state index in [1.54, 1.807) is 12.1 Å². The van der Waals surface area contributed by atoms with Gasteiger partial charge in [0, 0.05) is 12.1 Å². The minimum atomic E-state index is -0.0347. The largest absolute Gasteiger partial charge is 0.486 e. The Morgan fingerprint density at radius 2 is 2.00 bits per heavy atom. The van der Waals surface area contributed by atoms with Crippen molar-refractivity contribution in [2.75, 3.05) is 38.2 Å². The minimum Gasteiger partial charge on any atom is -0.486 e. The number of hydrogen-bond acceptors (Lipinski definition) is 4. The van der Waals surface area contributed by atoms with Crippen molar-refractivity contribution < 1.29 is 14.3 Å². The third-order valence-electron chi connectivity index (χ3n) is 4.91. The molecule has 1 saturated heterocycles. The van der Waals surface area contributed by atoms with Gasteiger partial charge in [0.2, 0.25) is 5.91 Å². The molecule has 0 spiro atoms. The van der Waals surface area contributed by atoms with Crippen molar-refractivity contribution in [3.8, 4) is 11.5 Å². The standard InChI is InChI=1S/C19H27ClN2O3/c1-2-4-14-5-3-7-22(8-6-14)13-19(23)21-16-12-18-17(11-15(16)20)24-9-10-25-18/h11-12,14H,2-10,13H2,1H3,(H,21,23). The highest BCUT2D eigenvalue weighted by atomic mass is 35.5. The highest BCUT2D eigenvalue weighted by Gasteiger charge is 2.20. The number of amides is 1. The van der Waals surface area contributed by atoms with Crippen molar-refractivity contribution in [3.05, 3.63) is 17.2 Å². The molecular formula is C19H27ClN2O3. The highest BCUT2D eigenvalue weighted by Crippen LogP contribution is 2.37. The SMILES string of the molecule is CCCC1CCCN(CC(=O)Nc2cc3c(cc2Cl)OCCO3)CC1. The molecule has 0 aromatic heterocycles. The lowest BCUT2D eigenvalue weighted by atomic mass is 9.96. The van der Waals surface area contributed by atoms with Crippen LogP contribution in [0.25, 0.3) is 0 Å². The molecule has 25 heavy (non-hydrogen) atoms. The fourth-order valence-electron chi connectivity index (χ4n) is 3.63. The molecule has 2 heterocycles. The van der Waals surface area contributed by atoms with Crippen molar-refractivity contribution in [2.45, 2.75) is 39.0 Å². The maximum absolute atomic E-state index is 12.4. The Morgan fingerprint density at radius 1 is 1.24 bits per heavy atom. The van der Waals surface area contributed by atoms with Gasteiger partial charge in [0.15, 0.2) is 11.5 Å². The Hall–Kier alpha value is -1.46. The Bertz CT molecular complexity index is 609. The van der Waals surface area contributed by atoms with Crippen LogP contribution in [-0.2, 0) is 4.79 Å². The van der Waals surface area contributed by atoms with E-state index in [4.69, 9.17) is 21.1 Å². The summed E-state index contributed by atoms with van der Waals surface area (Å²) in [5.41, 5.74) is 0.578. The first-order chi connectivity index (χ1) is 12.2. The number of rotatable bonds is 5. The van der Waals surface area contributed by atoms with Crippen LogP contribution in [0.5, 0.6) is 11.5 Å². The van der Waals surface area contributed by atoms with Gasteiger partial charge in [-0.1, -0.05) is 31.4 Å². The van der Waals surface area contributed by atoms with Crippen LogP contribution >= 0.6 is 11.6 Å².